The molecular formula is C21H26N2O4. The molecule has 0 bridgehead atoms. The molecule has 0 aliphatic heterocycles. The van der Waals surface area contributed by atoms with Crippen LogP contribution in [0.3, 0.4) is 0 Å². The average Bonchev–Trinajstić information content (AvgIpc) is 2.70. The van der Waals surface area contributed by atoms with Gasteiger partial charge in [-0.1, -0.05) is 19.1 Å². The molecule has 2 N–H and O–H groups in total. The van der Waals surface area contributed by atoms with Crippen molar-refractivity contribution in [3.63, 3.8) is 0 Å². The van der Waals surface area contributed by atoms with Crippen LogP contribution < -0.4 is 15.4 Å². The van der Waals surface area contributed by atoms with Crippen molar-refractivity contribution in [2.24, 2.45) is 0 Å². The van der Waals surface area contributed by atoms with Crippen molar-refractivity contribution in [3.8, 4) is 5.75 Å². The average molecular weight is 370 g/mol. The Hall–Kier alpha value is -2.86. The first-order chi connectivity index (χ1) is 13.2. The molecule has 0 aliphatic rings. The number of amides is 2. The number of nitrogens with one attached hydrogen (secondary N) is 2. The van der Waals surface area contributed by atoms with Crippen LogP contribution in [0.4, 0.5) is 5.69 Å². The molecule has 2 rings (SSSR count). The standard InChI is InChI=1S/C21H26N2O4/c1-3-13-22-20(24)16-9-11-17(12-10-16)23-21(25)18-7-5-6-8-19(18)27-15-14-26-4-2/h5-12H,3-4,13-15H2,1-2H3,(H,22,24)(H,23,25). The second-order valence-electron chi connectivity index (χ2n) is 5.83. The normalized spacial score (nSPS) is 10.3. The summed E-state index contributed by atoms with van der Waals surface area (Å²) in [5.74, 6) is 0.109. The zero-order valence-electron chi connectivity index (χ0n) is 15.8. The third-order valence-corrected chi connectivity index (χ3v) is 3.76. The van der Waals surface area contributed by atoms with Crippen LogP contribution >= 0.6 is 0 Å². The van der Waals surface area contributed by atoms with Crippen LogP contribution in [0.25, 0.3) is 0 Å². The summed E-state index contributed by atoms with van der Waals surface area (Å²) in [6.07, 6.45) is 0.881. The van der Waals surface area contributed by atoms with E-state index in [1.54, 1.807) is 42.5 Å². The molecule has 0 unspecified atom stereocenters. The Morgan fingerprint density at radius 1 is 0.926 bits per heavy atom. The molecule has 0 saturated heterocycles. The van der Waals surface area contributed by atoms with Gasteiger partial charge in [-0.25, -0.2) is 0 Å². The maximum absolute atomic E-state index is 12.6. The number of rotatable bonds is 10. The predicted octanol–water partition coefficient (Wildman–Crippen LogP) is 3.49. The van der Waals surface area contributed by atoms with Gasteiger partial charge >= 0.3 is 0 Å². The lowest BCUT2D eigenvalue weighted by molar-refractivity contribution is 0.0953. The van der Waals surface area contributed by atoms with Crippen LogP contribution in [-0.4, -0.2) is 38.2 Å². The number of carbonyl (C=O) groups is 2. The molecule has 0 heterocycles. The topological polar surface area (TPSA) is 76.7 Å². The van der Waals surface area contributed by atoms with Crippen LogP contribution in [0.5, 0.6) is 5.75 Å². The number of benzene rings is 2. The number of para-hydroxylation sites is 1. The Balaban J connectivity index is 1.99. The molecule has 2 amide bonds. The molecule has 0 fully saturated rings. The molecular weight excluding hydrogens is 344 g/mol. The van der Waals surface area contributed by atoms with Crippen molar-refractivity contribution in [3.05, 3.63) is 59.7 Å². The van der Waals surface area contributed by atoms with E-state index >= 15 is 0 Å². The van der Waals surface area contributed by atoms with Gasteiger partial charge in [0.2, 0.25) is 0 Å². The van der Waals surface area contributed by atoms with Crippen molar-refractivity contribution in [2.45, 2.75) is 20.3 Å². The minimum Gasteiger partial charge on any atom is -0.490 e. The van der Waals surface area contributed by atoms with Gasteiger partial charge in [-0.05, 0) is 49.7 Å². The molecule has 2 aromatic carbocycles. The SMILES string of the molecule is CCCNC(=O)c1ccc(NC(=O)c2ccccc2OCCOCC)cc1. The van der Waals surface area contributed by atoms with Crippen molar-refractivity contribution < 1.29 is 19.1 Å². The predicted molar refractivity (Wildman–Crippen MR) is 105 cm³/mol. The highest BCUT2D eigenvalue weighted by atomic mass is 16.5. The summed E-state index contributed by atoms with van der Waals surface area (Å²) < 4.78 is 10.9. The second kappa shape index (κ2) is 11.0. The Labute approximate surface area is 159 Å². The molecule has 6 heteroatoms. The summed E-state index contributed by atoms with van der Waals surface area (Å²) in [4.78, 5) is 24.5. The molecule has 0 aromatic heterocycles. The molecule has 0 saturated carbocycles. The van der Waals surface area contributed by atoms with Gasteiger partial charge in [0.15, 0.2) is 0 Å². The first kappa shape index (κ1) is 20.5. The third-order valence-electron chi connectivity index (χ3n) is 3.76. The summed E-state index contributed by atoms with van der Waals surface area (Å²) in [6.45, 7) is 6.01. The molecule has 2 aromatic rings. The Morgan fingerprint density at radius 2 is 1.67 bits per heavy atom. The number of hydrogen-bond acceptors (Lipinski definition) is 4. The quantitative estimate of drug-likeness (QED) is 0.628. The molecule has 144 valence electrons. The summed E-state index contributed by atoms with van der Waals surface area (Å²) in [7, 11) is 0. The van der Waals surface area contributed by atoms with Crippen molar-refractivity contribution >= 4 is 17.5 Å². The molecule has 0 atom stereocenters. The maximum atomic E-state index is 12.6. The summed E-state index contributed by atoms with van der Waals surface area (Å²) in [6, 6.07) is 13.8. The summed E-state index contributed by atoms with van der Waals surface area (Å²) in [5, 5.41) is 5.65. The van der Waals surface area contributed by atoms with Crippen molar-refractivity contribution in [2.75, 3.05) is 31.7 Å². The van der Waals surface area contributed by atoms with Gasteiger partial charge in [0, 0.05) is 24.4 Å². The highest BCUT2D eigenvalue weighted by Gasteiger charge is 2.13. The van der Waals surface area contributed by atoms with E-state index < -0.39 is 0 Å². The second-order valence-corrected chi connectivity index (χ2v) is 5.83. The zero-order chi connectivity index (χ0) is 19.5. The highest BCUT2D eigenvalue weighted by Crippen LogP contribution is 2.20. The van der Waals surface area contributed by atoms with Gasteiger partial charge in [-0.15, -0.1) is 0 Å². The Bertz CT molecular complexity index is 744. The fourth-order valence-corrected chi connectivity index (χ4v) is 2.38. The molecule has 0 aliphatic carbocycles. The number of carbonyl (C=O) groups excluding carboxylic acids is 2. The minimum absolute atomic E-state index is 0.122. The molecule has 27 heavy (non-hydrogen) atoms. The first-order valence-corrected chi connectivity index (χ1v) is 9.14. The maximum Gasteiger partial charge on any atom is 0.259 e. The monoisotopic (exact) mass is 370 g/mol. The van der Waals surface area contributed by atoms with E-state index in [1.165, 1.54) is 0 Å². The summed E-state index contributed by atoms with van der Waals surface area (Å²) >= 11 is 0. The van der Waals surface area contributed by atoms with Gasteiger partial charge in [-0.2, -0.15) is 0 Å². The fraction of sp³-hybridized carbons (Fsp3) is 0.333. The third kappa shape index (κ3) is 6.42. The van der Waals surface area contributed by atoms with E-state index in [0.717, 1.165) is 6.42 Å². The molecule has 0 radical (unpaired) electrons. The van der Waals surface area contributed by atoms with E-state index in [9.17, 15) is 9.59 Å². The Kier molecular flexibility index (Phi) is 8.32. The number of anilines is 1. The van der Waals surface area contributed by atoms with Gasteiger partial charge in [0.25, 0.3) is 11.8 Å². The van der Waals surface area contributed by atoms with E-state index in [1.807, 2.05) is 19.9 Å². The van der Waals surface area contributed by atoms with E-state index in [2.05, 4.69) is 10.6 Å². The lowest BCUT2D eigenvalue weighted by Crippen LogP contribution is -2.23. The summed E-state index contributed by atoms with van der Waals surface area (Å²) in [5.41, 5.74) is 1.61. The van der Waals surface area contributed by atoms with Crippen LogP contribution in [0.1, 0.15) is 41.0 Å². The van der Waals surface area contributed by atoms with Crippen LogP contribution in [0.15, 0.2) is 48.5 Å². The van der Waals surface area contributed by atoms with Gasteiger partial charge in [0.05, 0.1) is 12.2 Å². The highest BCUT2D eigenvalue weighted by molar-refractivity contribution is 6.06. The van der Waals surface area contributed by atoms with Gasteiger partial charge < -0.3 is 20.1 Å². The first-order valence-electron chi connectivity index (χ1n) is 9.14. The minimum atomic E-state index is -0.273. The van der Waals surface area contributed by atoms with Gasteiger partial charge in [-0.3, -0.25) is 9.59 Å². The van der Waals surface area contributed by atoms with Crippen molar-refractivity contribution in [1.29, 1.82) is 0 Å². The zero-order valence-corrected chi connectivity index (χ0v) is 15.8. The largest absolute Gasteiger partial charge is 0.490 e. The van der Waals surface area contributed by atoms with Crippen LogP contribution in [-0.2, 0) is 4.74 Å². The Morgan fingerprint density at radius 3 is 2.37 bits per heavy atom. The number of ether oxygens (including phenoxy) is 2. The van der Waals surface area contributed by atoms with Gasteiger partial charge in [0.1, 0.15) is 12.4 Å². The lowest BCUT2D eigenvalue weighted by Gasteiger charge is -2.12. The lowest BCUT2D eigenvalue weighted by atomic mass is 10.1. The van der Waals surface area contributed by atoms with Crippen LogP contribution in [0, 0.1) is 0 Å². The molecule has 6 nitrogen and oxygen atoms in total. The van der Waals surface area contributed by atoms with Crippen molar-refractivity contribution in [1.82, 2.24) is 5.32 Å². The fourth-order valence-electron chi connectivity index (χ4n) is 2.38. The number of hydrogen-bond donors (Lipinski definition) is 2. The molecule has 0 spiro atoms. The van der Waals surface area contributed by atoms with E-state index in [0.29, 0.717) is 48.9 Å². The smallest absolute Gasteiger partial charge is 0.259 e. The van der Waals surface area contributed by atoms with E-state index in [4.69, 9.17) is 9.47 Å². The van der Waals surface area contributed by atoms with E-state index in [-0.39, 0.29) is 11.8 Å². The van der Waals surface area contributed by atoms with Crippen LogP contribution in [0.2, 0.25) is 0 Å².